The van der Waals surface area contributed by atoms with Crippen LogP contribution in [0.4, 0.5) is 5.69 Å². The van der Waals surface area contributed by atoms with Crippen molar-refractivity contribution in [3.63, 3.8) is 0 Å². The number of halogens is 1. The number of nitrogens with one attached hydrogen (secondary N) is 1. The van der Waals surface area contributed by atoms with Crippen molar-refractivity contribution in [2.75, 3.05) is 5.32 Å². The molecule has 1 heterocycles. The minimum absolute atomic E-state index is 0.0565. The van der Waals surface area contributed by atoms with Crippen LogP contribution in [-0.2, 0) is 4.79 Å². The number of hydrogen-bond acceptors (Lipinski definition) is 2. The Morgan fingerprint density at radius 2 is 1.88 bits per heavy atom. The molecule has 1 N–H and O–H groups in total. The van der Waals surface area contributed by atoms with Gasteiger partial charge in [-0.05, 0) is 26.0 Å². The van der Waals surface area contributed by atoms with Gasteiger partial charge in [-0.15, -0.1) is 0 Å². The maximum absolute atomic E-state index is 12.2. The van der Waals surface area contributed by atoms with Crippen LogP contribution in [-0.4, -0.2) is 16.5 Å². The summed E-state index contributed by atoms with van der Waals surface area (Å²) in [4.78, 5) is 23.6. The Hall–Kier alpha value is -1.16. The Labute approximate surface area is 102 Å². The SMILES string of the molecule is CC1(C)C(=O)Nc2ccccc2C(=O)C1Br. The van der Waals surface area contributed by atoms with Gasteiger partial charge >= 0.3 is 0 Å². The average molecular weight is 282 g/mol. The van der Waals surface area contributed by atoms with Gasteiger partial charge in [0.25, 0.3) is 0 Å². The molecule has 0 aliphatic carbocycles. The zero-order chi connectivity index (χ0) is 11.9. The standard InChI is InChI=1S/C12H12BrNO2/c1-12(2)10(13)9(15)7-5-3-4-6-8(7)14-11(12)16/h3-6,10H,1-2H3,(H,14,16). The second-order valence-electron chi connectivity index (χ2n) is 4.45. The number of para-hydroxylation sites is 1. The highest BCUT2D eigenvalue weighted by Crippen LogP contribution is 2.36. The lowest BCUT2D eigenvalue weighted by molar-refractivity contribution is -0.123. The van der Waals surface area contributed by atoms with Gasteiger partial charge in [-0.2, -0.15) is 0 Å². The zero-order valence-corrected chi connectivity index (χ0v) is 10.7. The summed E-state index contributed by atoms with van der Waals surface area (Å²) in [5, 5.41) is 2.78. The Kier molecular flexibility index (Phi) is 2.62. The highest BCUT2D eigenvalue weighted by atomic mass is 79.9. The third kappa shape index (κ3) is 1.57. The van der Waals surface area contributed by atoms with Gasteiger partial charge in [0.1, 0.15) is 0 Å². The fourth-order valence-corrected chi connectivity index (χ4v) is 2.12. The number of ketones is 1. The van der Waals surface area contributed by atoms with Crippen LogP contribution in [0.2, 0.25) is 0 Å². The first-order valence-electron chi connectivity index (χ1n) is 5.03. The molecule has 84 valence electrons. The molecule has 2 rings (SSSR count). The number of fused-ring (bicyclic) bond motifs is 1. The van der Waals surface area contributed by atoms with Crippen molar-refractivity contribution in [1.29, 1.82) is 0 Å². The first kappa shape index (κ1) is 11.3. The van der Waals surface area contributed by atoms with E-state index >= 15 is 0 Å². The van der Waals surface area contributed by atoms with Crippen LogP contribution in [0.25, 0.3) is 0 Å². The molecular weight excluding hydrogens is 270 g/mol. The number of amides is 1. The highest BCUT2D eigenvalue weighted by Gasteiger charge is 2.43. The molecule has 0 saturated carbocycles. The predicted octanol–water partition coefficient (Wildman–Crippen LogP) is 2.61. The van der Waals surface area contributed by atoms with Gasteiger partial charge in [0.05, 0.1) is 15.9 Å². The number of carbonyl (C=O) groups excluding carboxylic acids is 2. The van der Waals surface area contributed by atoms with E-state index in [-0.39, 0.29) is 11.7 Å². The second-order valence-corrected chi connectivity index (χ2v) is 5.36. The van der Waals surface area contributed by atoms with Gasteiger partial charge in [0, 0.05) is 5.56 Å². The number of Topliss-reactive ketones (excluding diaryl/α,β-unsaturated/α-hetero) is 1. The van der Waals surface area contributed by atoms with E-state index in [1.54, 1.807) is 38.1 Å². The number of anilines is 1. The van der Waals surface area contributed by atoms with Gasteiger partial charge in [-0.25, -0.2) is 0 Å². The summed E-state index contributed by atoms with van der Waals surface area (Å²) in [7, 11) is 0. The Balaban J connectivity index is 2.59. The lowest BCUT2D eigenvalue weighted by atomic mass is 9.86. The molecule has 1 amide bonds. The minimum Gasteiger partial charge on any atom is -0.325 e. The van der Waals surface area contributed by atoms with Gasteiger partial charge < -0.3 is 5.32 Å². The van der Waals surface area contributed by atoms with E-state index in [1.165, 1.54) is 0 Å². The lowest BCUT2D eigenvalue weighted by Gasteiger charge is -2.24. The smallest absolute Gasteiger partial charge is 0.231 e. The molecular formula is C12H12BrNO2. The van der Waals surface area contributed by atoms with Crippen LogP contribution >= 0.6 is 15.9 Å². The molecule has 1 aliphatic rings. The largest absolute Gasteiger partial charge is 0.325 e. The Morgan fingerprint density at radius 1 is 1.25 bits per heavy atom. The maximum atomic E-state index is 12.2. The molecule has 4 heteroatoms. The molecule has 16 heavy (non-hydrogen) atoms. The summed E-state index contributed by atoms with van der Waals surface area (Å²) < 4.78 is 0. The van der Waals surface area contributed by atoms with Crippen molar-refractivity contribution in [2.45, 2.75) is 18.7 Å². The van der Waals surface area contributed by atoms with Crippen LogP contribution < -0.4 is 5.32 Å². The lowest BCUT2D eigenvalue weighted by Crippen LogP contribution is -2.39. The summed E-state index contributed by atoms with van der Waals surface area (Å²) in [6, 6.07) is 7.06. The zero-order valence-electron chi connectivity index (χ0n) is 9.08. The third-order valence-electron chi connectivity index (χ3n) is 2.89. The van der Waals surface area contributed by atoms with Crippen molar-refractivity contribution in [1.82, 2.24) is 0 Å². The van der Waals surface area contributed by atoms with E-state index in [9.17, 15) is 9.59 Å². The van der Waals surface area contributed by atoms with E-state index in [4.69, 9.17) is 0 Å². The number of hydrogen-bond donors (Lipinski definition) is 1. The van der Waals surface area contributed by atoms with Gasteiger partial charge in [0.2, 0.25) is 5.91 Å². The van der Waals surface area contributed by atoms with Crippen LogP contribution in [0.3, 0.4) is 0 Å². The summed E-state index contributed by atoms with van der Waals surface area (Å²) in [6.45, 7) is 3.51. The van der Waals surface area contributed by atoms with Crippen molar-refractivity contribution in [3.8, 4) is 0 Å². The van der Waals surface area contributed by atoms with E-state index in [2.05, 4.69) is 21.2 Å². The molecule has 1 aromatic carbocycles. The normalized spacial score (nSPS) is 23.3. The second kappa shape index (κ2) is 3.70. The number of alkyl halides is 1. The first-order valence-corrected chi connectivity index (χ1v) is 5.95. The fourth-order valence-electron chi connectivity index (χ4n) is 1.67. The van der Waals surface area contributed by atoms with E-state index in [1.807, 2.05) is 0 Å². The molecule has 0 spiro atoms. The van der Waals surface area contributed by atoms with Crippen LogP contribution in [0, 0.1) is 5.41 Å². The Morgan fingerprint density at radius 3 is 2.56 bits per heavy atom. The minimum atomic E-state index is -0.754. The molecule has 0 bridgehead atoms. The monoisotopic (exact) mass is 281 g/mol. The highest BCUT2D eigenvalue weighted by molar-refractivity contribution is 9.10. The quantitative estimate of drug-likeness (QED) is 0.743. The van der Waals surface area contributed by atoms with Crippen molar-refractivity contribution in [3.05, 3.63) is 29.8 Å². The summed E-state index contributed by atoms with van der Waals surface area (Å²) >= 11 is 3.33. The number of benzene rings is 1. The Bertz CT molecular complexity index is 468. The molecule has 3 nitrogen and oxygen atoms in total. The first-order chi connectivity index (χ1) is 7.44. The summed E-state index contributed by atoms with van der Waals surface area (Å²) in [6.07, 6.45) is 0. The summed E-state index contributed by atoms with van der Waals surface area (Å²) in [5.74, 6) is -0.202. The van der Waals surface area contributed by atoms with Gasteiger partial charge in [-0.1, -0.05) is 28.1 Å². The molecule has 1 aromatic rings. The molecule has 1 aliphatic heterocycles. The fraction of sp³-hybridized carbons (Fsp3) is 0.333. The van der Waals surface area contributed by atoms with Crippen LogP contribution in [0.5, 0.6) is 0 Å². The van der Waals surface area contributed by atoms with Gasteiger partial charge in [0.15, 0.2) is 5.78 Å². The number of rotatable bonds is 0. The maximum Gasteiger partial charge on any atom is 0.231 e. The predicted molar refractivity (Wildman–Crippen MR) is 65.9 cm³/mol. The third-order valence-corrected chi connectivity index (χ3v) is 4.45. The van der Waals surface area contributed by atoms with Crippen LogP contribution in [0.15, 0.2) is 24.3 Å². The average Bonchev–Trinajstić information content (AvgIpc) is 2.32. The molecule has 1 atom stereocenters. The molecule has 0 radical (unpaired) electrons. The topological polar surface area (TPSA) is 46.2 Å². The van der Waals surface area contributed by atoms with Crippen molar-refractivity contribution < 1.29 is 9.59 Å². The van der Waals surface area contributed by atoms with Crippen molar-refractivity contribution >= 4 is 33.3 Å². The van der Waals surface area contributed by atoms with E-state index < -0.39 is 10.2 Å². The van der Waals surface area contributed by atoms with E-state index in [0.717, 1.165) is 0 Å². The van der Waals surface area contributed by atoms with E-state index in [0.29, 0.717) is 11.3 Å². The van der Waals surface area contributed by atoms with Crippen LogP contribution in [0.1, 0.15) is 24.2 Å². The van der Waals surface area contributed by atoms with Crippen molar-refractivity contribution in [2.24, 2.45) is 5.41 Å². The molecule has 0 fully saturated rings. The molecule has 0 aromatic heterocycles. The molecule has 0 saturated heterocycles. The number of carbonyl (C=O) groups is 2. The summed E-state index contributed by atoms with van der Waals surface area (Å²) in [5.41, 5.74) is 0.395. The molecule has 1 unspecified atom stereocenters. The van der Waals surface area contributed by atoms with Gasteiger partial charge in [-0.3, -0.25) is 9.59 Å².